The summed E-state index contributed by atoms with van der Waals surface area (Å²) in [4.78, 5) is 35.7. The van der Waals surface area contributed by atoms with Crippen molar-refractivity contribution >= 4 is 35.0 Å². The number of hydrogen-bond acceptors (Lipinski definition) is 7. The van der Waals surface area contributed by atoms with Crippen LogP contribution in [0, 0.1) is 10.1 Å². The lowest BCUT2D eigenvalue weighted by Crippen LogP contribution is -2.34. The number of nitrogens with zero attached hydrogens (tertiary/aromatic N) is 4. The van der Waals surface area contributed by atoms with E-state index in [9.17, 15) is 19.7 Å². The van der Waals surface area contributed by atoms with E-state index < -0.39 is 10.7 Å². The van der Waals surface area contributed by atoms with Crippen LogP contribution in [0.3, 0.4) is 0 Å². The highest BCUT2D eigenvalue weighted by atomic mass is 35.5. The van der Waals surface area contributed by atoms with Gasteiger partial charge in [-0.15, -0.1) is 16.9 Å². The van der Waals surface area contributed by atoms with Crippen LogP contribution in [0.15, 0.2) is 27.4 Å². The Morgan fingerprint density at radius 1 is 1.50 bits per heavy atom. The van der Waals surface area contributed by atoms with Gasteiger partial charge in [-0.25, -0.2) is 4.79 Å². The molecule has 0 spiro atoms. The van der Waals surface area contributed by atoms with Crippen LogP contribution in [0.25, 0.3) is 11.5 Å². The smallest absolute Gasteiger partial charge is 0.388 e. The molecule has 1 aromatic carbocycles. The van der Waals surface area contributed by atoms with E-state index in [0.29, 0.717) is 12.4 Å². The van der Waals surface area contributed by atoms with Gasteiger partial charge >= 0.3 is 5.76 Å². The lowest BCUT2D eigenvalue weighted by atomic mass is 10.2. The molecule has 0 saturated carbocycles. The lowest BCUT2D eigenvalue weighted by Gasteiger charge is -2.12. The Morgan fingerprint density at radius 3 is 2.92 bits per heavy atom. The molecule has 3 rings (SSSR count). The predicted molar refractivity (Wildman–Crippen MR) is 86.9 cm³/mol. The highest BCUT2D eigenvalue weighted by Crippen LogP contribution is 2.29. The van der Waals surface area contributed by atoms with E-state index in [2.05, 4.69) is 5.10 Å². The molecule has 0 aliphatic carbocycles. The summed E-state index contributed by atoms with van der Waals surface area (Å²) in [5.74, 6) is 0.343. The van der Waals surface area contributed by atoms with Gasteiger partial charge in [-0.05, 0) is 6.07 Å². The molecule has 2 aromatic rings. The number of nitro benzene ring substituents is 1. The first-order chi connectivity index (χ1) is 11.5. The second-order valence-electron chi connectivity index (χ2n) is 4.95. The molecule has 1 aromatic heterocycles. The Morgan fingerprint density at radius 2 is 2.29 bits per heavy atom. The van der Waals surface area contributed by atoms with Gasteiger partial charge in [-0.3, -0.25) is 14.9 Å². The Hall–Kier alpha value is -2.33. The van der Waals surface area contributed by atoms with Crippen LogP contribution in [0.1, 0.15) is 0 Å². The molecule has 1 aliphatic rings. The molecule has 1 amide bonds. The van der Waals surface area contributed by atoms with Crippen molar-refractivity contribution in [2.45, 2.75) is 6.54 Å². The number of thioether (sulfide) groups is 1. The Kier molecular flexibility index (Phi) is 4.58. The highest BCUT2D eigenvalue weighted by molar-refractivity contribution is 7.99. The lowest BCUT2D eigenvalue weighted by molar-refractivity contribution is -0.384. The minimum absolute atomic E-state index is 0.0277. The van der Waals surface area contributed by atoms with E-state index in [-0.39, 0.29) is 34.6 Å². The van der Waals surface area contributed by atoms with Crippen LogP contribution < -0.4 is 5.76 Å². The van der Waals surface area contributed by atoms with Crippen LogP contribution >= 0.6 is 23.4 Å². The normalized spacial score (nSPS) is 14.1. The second kappa shape index (κ2) is 6.65. The molecule has 11 heteroatoms. The van der Waals surface area contributed by atoms with E-state index >= 15 is 0 Å². The summed E-state index contributed by atoms with van der Waals surface area (Å²) in [7, 11) is 0. The summed E-state index contributed by atoms with van der Waals surface area (Å²) in [5.41, 5.74) is 0.0505. The van der Waals surface area contributed by atoms with Crippen LogP contribution in [-0.2, 0) is 11.3 Å². The summed E-state index contributed by atoms with van der Waals surface area (Å²) in [5, 5.41) is 14.7. The molecule has 9 nitrogen and oxygen atoms in total. The summed E-state index contributed by atoms with van der Waals surface area (Å²) in [6, 6.07) is 3.71. The van der Waals surface area contributed by atoms with Gasteiger partial charge in [0.05, 0.1) is 21.4 Å². The molecule has 126 valence electrons. The van der Waals surface area contributed by atoms with Crippen molar-refractivity contribution in [2.75, 3.05) is 18.2 Å². The van der Waals surface area contributed by atoms with E-state index in [1.54, 1.807) is 16.7 Å². The second-order valence-corrected chi connectivity index (χ2v) is 6.43. The van der Waals surface area contributed by atoms with Gasteiger partial charge in [0.25, 0.3) is 11.6 Å². The zero-order chi connectivity index (χ0) is 17.3. The first-order valence-electron chi connectivity index (χ1n) is 6.83. The highest BCUT2D eigenvalue weighted by Gasteiger charge is 2.22. The summed E-state index contributed by atoms with van der Waals surface area (Å²) < 4.78 is 5.93. The summed E-state index contributed by atoms with van der Waals surface area (Å²) in [6.07, 6.45) is 0. The summed E-state index contributed by atoms with van der Waals surface area (Å²) in [6.45, 7) is 0.407. The van der Waals surface area contributed by atoms with Crippen molar-refractivity contribution in [3.63, 3.8) is 0 Å². The maximum Gasteiger partial charge on any atom is 0.437 e. The number of hydrogen-bond donors (Lipinski definition) is 0. The number of rotatable bonds is 4. The monoisotopic (exact) mass is 370 g/mol. The van der Waals surface area contributed by atoms with Gasteiger partial charge in [-0.2, -0.15) is 4.68 Å². The van der Waals surface area contributed by atoms with Crippen LogP contribution in [0.2, 0.25) is 5.02 Å². The maximum atomic E-state index is 12.1. The molecule has 24 heavy (non-hydrogen) atoms. The molecule has 0 bridgehead atoms. The number of nitro groups is 1. The Bertz CT molecular complexity index is 858. The molecular formula is C13H11ClN4O5S. The van der Waals surface area contributed by atoms with Gasteiger partial charge < -0.3 is 9.32 Å². The van der Waals surface area contributed by atoms with Crippen LogP contribution in [-0.4, -0.2) is 43.7 Å². The van der Waals surface area contributed by atoms with Crippen molar-refractivity contribution in [3.8, 4) is 11.5 Å². The third-order valence-corrected chi connectivity index (χ3v) is 4.67. The molecule has 1 aliphatic heterocycles. The van der Waals surface area contributed by atoms with Crippen molar-refractivity contribution < 1.29 is 14.1 Å². The first-order valence-corrected chi connectivity index (χ1v) is 8.37. The van der Waals surface area contributed by atoms with Gasteiger partial charge in [0, 0.05) is 24.4 Å². The standard InChI is InChI=1S/C13H11ClN4O5S/c14-10-5-8(18(21)22)1-2-9(10)12-15-17(13(20)23-12)6-11(19)16-3-4-24-7-16/h1-2,5H,3-4,6-7H2. The fourth-order valence-corrected chi connectivity index (χ4v) is 3.37. The van der Waals surface area contributed by atoms with Gasteiger partial charge in [0.1, 0.15) is 6.54 Å². The van der Waals surface area contributed by atoms with Crippen LogP contribution in [0.4, 0.5) is 5.69 Å². The molecule has 0 N–H and O–H groups in total. The van der Waals surface area contributed by atoms with E-state index in [4.69, 9.17) is 16.0 Å². The first kappa shape index (κ1) is 16.5. The Labute approximate surface area is 144 Å². The van der Waals surface area contributed by atoms with E-state index in [1.165, 1.54) is 12.1 Å². The van der Waals surface area contributed by atoms with Crippen molar-refractivity contribution in [2.24, 2.45) is 0 Å². The minimum Gasteiger partial charge on any atom is -0.388 e. The van der Waals surface area contributed by atoms with E-state index in [0.717, 1.165) is 16.5 Å². The van der Waals surface area contributed by atoms with Crippen LogP contribution in [0.5, 0.6) is 0 Å². The molecule has 1 saturated heterocycles. The number of carbonyl (C=O) groups is 1. The number of amides is 1. The number of benzene rings is 1. The maximum absolute atomic E-state index is 12.1. The fraction of sp³-hybridized carbons (Fsp3) is 0.308. The largest absolute Gasteiger partial charge is 0.437 e. The minimum atomic E-state index is -0.792. The SMILES string of the molecule is O=C(Cn1nc(-c2ccc([N+](=O)[O-])cc2Cl)oc1=O)N1CCSC1. The fourth-order valence-electron chi connectivity index (χ4n) is 2.14. The topological polar surface area (TPSA) is 111 Å². The third kappa shape index (κ3) is 3.29. The van der Waals surface area contributed by atoms with Crippen molar-refractivity contribution in [1.29, 1.82) is 0 Å². The molecule has 0 atom stereocenters. The number of carbonyl (C=O) groups excluding carboxylic acids is 1. The average Bonchev–Trinajstić information content (AvgIpc) is 3.18. The Balaban J connectivity index is 1.85. The predicted octanol–water partition coefficient (Wildman–Crippen LogP) is 1.60. The number of halogens is 1. The third-order valence-electron chi connectivity index (χ3n) is 3.39. The van der Waals surface area contributed by atoms with Gasteiger partial charge in [0.2, 0.25) is 5.91 Å². The molecule has 2 heterocycles. The molecule has 0 radical (unpaired) electrons. The molecular weight excluding hydrogens is 360 g/mol. The van der Waals surface area contributed by atoms with Crippen molar-refractivity contribution in [3.05, 3.63) is 43.9 Å². The average molecular weight is 371 g/mol. The van der Waals surface area contributed by atoms with E-state index in [1.807, 2.05) is 0 Å². The zero-order valence-electron chi connectivity index (χ0n) is 12.2. The molecule has 1 fully saturated rings. The van der Waals surface area contributed by atoms with Crippen molar-refractivity contribution in [1.82, 2.24) is 14.7 Å². The number of aromatic nitrogens is 2. The zero-order valence-corrected chi connectivity index (χ0v) is 13.7. The van der Waals surface area contributed by atoms with Gasteiger partial charge in [-0.1, -0.05) is 11.6 Å². The molecule has 0 unspecified atom stereocenters. The quantitative estimate of drug-likeness (QED) is 0.593. The summed E-state index contributed by atoms with van der Waals surface area (Å²) >= 11 is 7.62. The van der Waals surface area contributed by atoms with Gasteiger partial charge in [0.15, 0.2) is 0 Å². The number of non-ortho nitro benzene ring substituents is 1.